The highest BCUT2D eigenvalue weighted by Crippen LogP contribution is 2.52. The molecule has 5 heteroatoms. The van der Waals surface area contributed by atoms with Gasteiger partial charge in [-0.15, -0.1) is 0 Å². The molecule has 446 valence electrons. The van der Waals surface area contributed by atoms with E-state index < -0.39 is 0 Å². The van der Waals surface area contributed by atoms with Crippen molar-refractivity contribution < 1.29 is 0 Å². The van der Waals surface area contributed by atoms with Gasteiger partial charge in [0.15, 0.2) is 0 Å². The fourth-order valence-electron chi connectivity index (χ4n) is 15.4. The molecule has 0 amide bonds. The van der Waals surface area contributed by atoms with Crippen molar-refractivity contribution in [2.45, 2.75) is 0 Å². The Morgan fingerprint density at radius 1 is 0.198 bits per heavy atom. The monoisotopic (exact) mass is 1220 g/mol. The van der Waals surface area contributed by atoms with Gasteiger partial charge in [0.05, 0.1) is 66.8 Å². The van der Waals surface area contributed by atoms with E-state index >= 15 is 0 Å². The minimum atomic E-state index is 0.558. The summed E-state index contributed by atoms with van der Waals surface area (Å²) in [4.78, 5) is 0. The first-order chi connectivity index (χ1) is 47.6. The number of nitriles is 1. The van der Waals surface area contributed by atoms with E-state index in [9.17, 15) is 5.26 Å². The second kappa shape index (κ2) is 22.1. The van der Waals surface area contributed by atoms with Gasteiger partial charge in [0, 0.05) is 48.8 Å². The van der Waals surface area contributed by atoms with Crippen LogP contribution >= 0.6 is 0 Å². The van der Waals surface area contributed by atoms with E-state index in [2.05, 4.69) is 370 Å². The maximum absolute atomic E-state index is 13.0. The zero-order valence-electron chi connectivity index (χ0n) is 52.1. The van der Waals surface area contributed by atoms with Crippen LogP contribution in [0, 0.1) is 11.3 Å². The van der Waals surface area contributed by atoms with Gasteiger partial charge in [0.25, 0.3) is 0 Å². The molecule has 0 aliphatic rings. The van der Waals surface area contributed by atoms with Crippen molar-refractivity contribution in [1.29, 1.82) is 5.26 Å². The van der Waals surface area contributed by atoms with Crippen molar-refractivity contribution in [3.05, 3.63) is 351 Å². The van der Waals surface area contributed by atoms with E-state index in [4.69, 9.17) is 0 Å². The van der Waals surface area contributed by atoms with Crippen LogP contribution in [0.25, 0.3) is 177 Å². The molecule has 96 heavy (non-hydrogen) atoms. The third kappa shape index (κ3) is 8.56. The number of aromatic nitrogens is 4. The molecule has 0 atom stereocenters. The second-order valence-corrected chi connectivity index (χ2v) is 25.0. The number of benzene rings is 15. The lowest BCUT2D eigenvalue weighted by molar-refractivity contribution is 1.04. The van der Waals surface area contributed by atoms with Crippen LogP contribution in [0.3, 0.4) is 0 Å². The molecule has 0 aliphatic carbocycles. The Bertz CT molecular complexity index is 6040. The first-order valence-corrected chi connectivity index (χ1v) is 32.8. The molecule has 0 saturated heterocycles. The lowest BCUT2D eigenvalue weighted by atomic mass is 9.99. The van der Waals surface area contributed by atoms with Gasteiger partial charge in [-0.25, -0.2) is 0 Å². The number of nitrogens with zero attached hydrogens (tertiary/aromatic N) is 5. The van der Waals surface area contributed by atoms with Crippen molar-refractivity contribution in [2.75, 3.05) is 0 Å². The fourth-order valence-corrected chi connectivity index (χ4v) is 15.4. The highest BCUT2D eigenvalue weighted by molar-refractivity contribution is 6.23. The molecule has 19 aromatic rings. The maximum Gasteiger partial charge on any atom is 0.102 e. The molecule has 5 nitrogen and oxygen atoms in total. The molecular formula is C91H57N5. The zero-order chi connectivity index (χ0) is 63.4. The van der Waals surface area contributed by atoms with Crippen LogP contribution in [0.15, 0.2) is 346 Å². The Kier molecular flexibility index (Phi) is 12.6. The number of fused-ring (bicyclic) bond motifs is 12. The Morgan fingerprint density at radius 2 is 0.448 bits per heavy atom. The first-order valence-electron chi connectivity index (χ1n) is 32.8. The lowest BCUT2D eigenvalue weighted by Crippen LogP contribution is -2.13. The largest absolute Gasteiger partial charge is 0.307 e. The molecule has 15 aromatic carbocycles. The van der Waals surface area contributed by atoms with E-state index in [-0.39, 0.29) is 0 Å². The summed E-state index contributed by atoms with van der Waals surface area (Å²) in [6.07, 6.45) is 0. The molecular weight excluding hydrogens is 1160 g/mol. The highest BCUT2D eigenvalue weighted by atomic mass is 15.1. The predicted octanol–water partition coefficient (Wildman–Crippen LogP) is 23.9. The van der Waals surface area contributed by atoms with E-state index in [0.29, 0.717) is 5.56 Å². The molecule has 0 aliphatic heterocycles. The SMILES string of the molecule is N#Cc1c(-n2c3ccc(-c4ccccc4)cc3c3cc(-c4ccccc4)ccc32)c(-n2c3ccc(-c4ccccc4)cc3c3cc(-c4ccccc4)ccc32)c(-n2c3ccc(-c4ccccc4)cc3c3cc(-c4ccccc4)ccc32)c2c1c1ccccc1n2-c1ccccc1. The summed E-state index contributed by atoms with van der Waals surface area (Å²) in [5, 5.41) is 21.4. The van der Waals surface area contributed by atoms with Crippen LogP contribution in [-0.2, 0) is 0 Å². The third-order valence-corrected chi connectivity index (χ3v) is 19.8. The van der Waals surface area contributed by atoms with Crippen molar-refractivity contribution >= 4 is 87.2 Å². The Hall–Kier alpha value is -13.0. The van der Waals surface area contributed by atoms with Gasteiger partial charge in [-0.1, -0.05) is 255 Å². The van der Waals surface area contributed by atoms with Crippen LogP contribution < -0.4 is 0 Å². The number of hydrogen-bond donors (Lipinski definition) is 0. The summed E-state index contributed by atoms with van der Waals surface area (Å²) < 4.78 is 9.96. The van der Waals surface area contributed by atoms with Gasteiger partial charge >= 0.3 is 0 Å². The Balaban J connectivity index is 1.08. The van der Waals surface area contributed by atoms with Gasteiger partial charge in [-0.3, -0.25) is 0 Å². The van der Waals surface area contributed by atoms with Crippen LogP contribution in [0.4, 0.5) is 0 Å². The average Bonchev–Trinajstić information content (AvgIpc) is 1.49. The van der Waals surface area contributed by atoms with Gasteiger partial charge in [-0.05, 0) is 158 Å². The smallest absolute Gasteiger partial charge is 0.102 e. The van der Waals surface area contributed by atoms with E-state index in [1.54, 1.807) is 0 Å². The van der Waals surface area contributed by atoms with E-state index in [0.717, 1.165) is 177 Å². The molecule has 19 rings (SSSR count). The predicted molar refractivity (Wildman–Crippen MR) is 401 cm³/mol. The summed E-state index contributed by atoms with van der Waals surface area (Å²) in [6.45, 7) is 0. The Labute approximate surface area is 554 Å². The molecule has 0 N–H and O–H groups in total. The minimum Gasteiger partial charge on any atom is -0.307 e. The van der Waals surface area contributed by atoms with Crippen molar-refractivity contribution in [3.8, 4) is 95.6 Å². The Morgan fingerprint density at radius 3 is 0.750 bits per heavy atom. The maximum atomic E-state index is 13.0. The van der Waals surface area contributed by atoms with Crippen molar-refractivity contribution in [1.82, 2.24) is 18.3 Å². The molecule has 4 aromatic heterocycles. The molecule has 0 fully saturated rings. The standard InChI is InChI=1S/C91H57N5/c92-58-79-87-72-38-22-23-39-80(72)93(71-36-20-7-21-37-71)89(87)91(96-85-50-44-69(63-32-16-5-17-33-63)56-77(85)78-57-70(45-51-86(78)96)64-34-18-6-19-35-64)90(95-83-48-42-67(61-28-12-3-13-29-61)54-75(83)76-55-68(43-49-84(76)95)62-30-14-4-15-31-62)88(79)94-81-46-40-65(59-24-8-1-9-25-59)52-73(81)74-53-66(41-47-82(74)94)60-26-10-2-11-27-60/h1-57H. The lowest BCUT2D eigenvalue weighted by Gasteiger charge is -2.25. The van der Waals surface area contributed by atoms with Crippen molar-refractivity contribution in [3.63, 3.8) is 0 Å². The van der Waals surface area contributed by atoms with Crippen LogP contribution in [0.5, 0.6) is 0 Å². The molecule has 4 heterocycles. The van der Waals surface area contributed by atoms with E-state index in [1.807, 2.05) is 0 Å². The number of rotatable bonds is 10. The summed E-state index contributed by atoms with van der Waals surface area (Å²) in [5.41, 5.74) is 25.5. The summed E-state index contributed by atoms with van der Waals surface area (Å²) in [5.74, 6) is 0. The third-order valence-electron chi connectivity index (χ3n) is 19.8. The van der Waals surface area contributed by atoms with Crippen molar-refractivity contribution in [2.24, 2.45) is 0 Å². The first kappa shape index (κ1) is 54.7. The fraction of sp³-hybridized carbons (Fsp3) is 0. The minimum absolute atomic E-state index is 0.558. The van der Waals surface area contributed by atoms with Gasteiger partial charge in [-0.2, -0.15) is 5.26 Å². The number of para-hydroxylation sites is 2. The van der Waals surface area contributed by atoms with Crippen LogP contribution in [0.2, 0.25) is 0 Å². The summed E-state index contributed by atoms with van der Waals surface area (Å²) in [7, 11) is 0. The molecule has 0 radical (unpaired) electrons. The number of hydrogen-bond acceptors (Lipinski definition) is 1. The van der Waals surface area contributed by atoms with Gasteiger partial charge in [0.2, 0.25) is 0 Å². The topological polar surface area (TPSA) is 43.5 Å². The molecule has 0 spiro atoms. The van der Waals surface area contributed by atoms with E-state index in [1.165, 1.54) is 0 Å². The molecule has 0 saturated carbocycles. The van der Waals surface area contributed by atoms with Crippen LogP contribution in [-0.4, -0.2) is 18.3 Å². The summed E-state index contributed by atoms with van der Waals surface area (Å²) >= 11 is 0. The van der Waals surface area contributed by atoms with Crippen LogP contribution in [0.1, 0.15) is 5.56 Å². The quantitative estimate of drug-likeness (QED) is 0.135. The van der Waals surface area contributed by atoms with Gasteiger partial charge in [0.1, 0.15) is 6.07 Å². The highest BCUT2D eigenvalue weighted by Gasteiger charge is 2.34. The molecule has 0 unspecified atom stereocenters. The molecule has 0 bridgehead atoms. The summed E-state index contributed by atoms with van der Waals surface area (Å²) in [6, 6.07) is 129. The average molecular weight is 1220 g/mol. The second-order valence-electron chi connectivity index (χ2n) is 25.0. The van der Waals surface area contributed by atoms with Gasteiger partial charge < -0.3 is 18.3 Å². The zero-order valence-corrected chi connectivity index (χ0v) is 52.1. The normalized spacial score (nSPS) is 11.7.